The molecule has 3 fully saturated rings. The molecule has 9 heteroatoms. The van der Waals surface area contributed by atoms with Crippen molar-refractivity contribution in [2.45, 2.75) is 22.6 Å². The molecule has 1 saturated heterocycles. The fraction of sp³-hybridized carbons (Fsp3) is 0.320. The average Bonchev–Trinajstić information content (AvgIpc) is 3.54. The highest BCUT2D eigenvalue weighted by atomic mass is 35.5. The zero-order valence-electron chi connectivity index (χ0n) is 17.6. The third-order valence-corrected chi connectivity index (χ3v) is 11.2. The molecule has 0 radical (unpaired) electrons. The van der Waals surface area contributed by atoms with Crippen LogP contribution in [0.1, 0.15) is 22.8 Å². The highest BCUT2D eigenvalue weighted by molar-refractivity contribution is 8.00. The van der Waals surface area contributed by atoms with Crippen molar-refractivity contribution < 1.29 is 14.0 Å². The number of imide groups is 1. The molecule has 2 aromatic carbocycles. The van der Waals surface area contributed by atoms with Gasteiger partial charge in [0, 0.05) is 21.1 Å². The normalized spacial score (nSPS) is 33.2. The number of rotatable bonds is 2. The Bertz CT molecular complexity index is 1400. The highest BCUT2D eigenvalue weighted by Gasteiger charge is 2.69. The molecule has 1 aromatic heterocycles. The van der Waals surface area contributed by atoms with E-state index in [1.807, 2.05) is 12.1 Å². The highest BCUT2D eigenvalue weighted by Crippen LogP contribution is 2.68. The summed E-state index contributed by atoms with van der Waals surface area (Å²) >= 11 is 14.9. The molecule has 2 aliphatic heterocycles. The van der Waals surface area contributed by atoms with E-state index >= 15 is 0 Å². The van der Waals surface area contributed by atoms with Gasteiger partial charge >= 0.3 is 0 Å². The number of amides is 2. The Labute approximate surface area is 213 Å². The zero-order valence-corrected chi connectivity index (χ0v) is 20.8. The van der Waals surface area contributed by atoms with Gasteiger partial charge in [-0.15, -0.1) is 23.1 Å². The van der Waals surface area contributed by atoms with Crippen molar-refractivity contribution in [2.24, 2.45) is 29.6 Å². The zero-order chi connectivity index (χ0) is 23.3. The number of carbonyl (C=O) groups is 2. The van der Waals surface area contributed by atoms with Crippen molar-refractivity contribution in [1.82, 2.24) is 4.98 Å². The van der Waals surface area contributed by atoms with Gasteiger partial charge in [0.25, 0.3) is 0 Å². The first kappa shape index (κ1) is 21.3. The number of thioether (sulfide) groups is 1. The topological polar surface area (TPSA) is 53.2 Å². The van der Waals surface area contributed by atoms with Gasteiger partial charge in [-0.25, -0.2) is 4.39 Å². The van der Waals surface area contributed by atoms with E-state index < -0.39 is 0 Å². The van der Waals surface area contributed by atoms with Crippen molar-refractivity contribution in [3.63, 3.8) is 0 Å². The lowest BCUT2D eigenvalue weighted by Crippen LogP contribution is -2.42. The number of nitrogens with zero attached hydrogens (tertiary/aromatic N) is 1. The number of anilines is 1. The predicted octanol–water partition coefficient (Wildman–Crippen LogP) is 6.28. The van der Waals surface area contributed by atoms with Gasteiger partial charge in [-0.2, -0.15) is 0 Å². The largest absolute Gasteiger partial charge is 0.332 e. The second kappa shape index (κ2) is 7.50. The van der Waals surface area contributed by atoms with Gasteiger partial charge in [0.05, 0.1) is 22.5 Å². The third-order valence-electron chi connectivity index (χ3n) is 8.04. The molecule has 7 rings (SSSR count). The lowest BCUT2D eigenvalue weighted by atomic mass is 9.68. The van der Waals surface area contributed by atoms with E-state index in [4.69, 9.17) is 23.8 Å². The van der Waals surface area contributed by atoms with Gasteiger partial charge in [0.2, 0.25) is 11.8 Å². The molecule has 2 amide bonds. The van der Waals surface area contributed by atoms with Gasteiger partial charge in [0.15, 0.2) is 3.95 Å². The summed E-state index contributed by atoms with van der Waals surface area (Å²) in [5.74, 6) is -0.622. The smallest absolute Gasteiger partial charge is 0.238 e. The van der Waals surface area contributed by atoms with E-state index in [0.717, 1.165) is 21.0 Å². The number of thiazole rings is 1. The Hall–Kier alpha value is -2.00. The first-order chi connectivity index (χ1) is 16.4. The SMILES string of the molecule is O=C1C2C3CC(C2C(=O)N1c1ccc(Cl)cc1)C1C(c2ccc(F)cc2)c2sc(=S)[nH]c2SC31. The van der Waals surface area contributed by atoms with Crippen LogP contribution in [0.15, 0.2) is 53.6 Å². The molecule has 2 bridgehead atoms. The van der Waals surface area contributed by atoms with Crippen molar-refractivity contribution in [2.75, 3.05) is 4.90 Å². The second-order valence-electron chi connectivity index (χ2n) is 9.50. The number of H-pyrrole nitrogens is 1. The van der Waals surface area contributed by atoms with Gasteiger partial charge in [-0.1, -0.05) is 23.7 Å². The molecule has 7 atom stereocenters. The maximum Gasteiger partial charge on any atom is 0.238 e. The van der Waals surface area contributed by atoms with Crippen LogP contribution < -0.4 is 4.90 Å². The fourth-order valence-corrected chi connectivity index (χ4v) is 10.4. The molecule has 2 saturated carbocycles. The molecule has 2 aliphatic carbocycles. The molecule has 4 nitrogen and oxygen atoms in total. The van der Waals surface area contributed by atoms with Crippen LogP contribution in [0.5, 0.6) is 0 Å². The van der Waals surface area contributed by atoms with E-state index in [2.05, 4.69) is 4.98 Å². The fourth-order valence-electron chi connectivity index (χ4n) is 6.90. The lowest BCUT2D eigenvalue weighted by molar-refractivity contribution is -0.123. The van der Waals surface area contributed by atoms with E-state index in [1.165, 1.54) is 21.9 Å². The maximum absolute atomic E-state index is 13.8. The molecular weight excluding hydrogens is 511 g/mol. The standard InChI is InChI=1S/C25H18ClFN2O2S3/c26-11-3-7-13(8-4-11)29-23(30)18-14-9-15(19(18)24(29)31)20-17(14)16(10-1-5-12(27)6-2-10)21-22(33-20)28-25(32)34-21/h1-8,14-20H,9H2,(H,28,32). The molecule has 3 heterocycles. The molecule has 4 aliphatic rings. The lowest BCUT2D eigenvalue weighted by Gasteiger charge is -2.43. The molecule has 0 spiro atoms. The van der Waals surface area contributed by atoms with E-state index in [0.29, 0.717) is 10.7 Å². The number of halogens is 2. The molecule has 3 aromatic rings. The predicted molar refractivity (Wildman–Crippen MR) is 133 cm³/mol. The number of hydrogen-bond acceptors (Lipinski definition) is 5. The quantitative estimate of drug-likeness (QED) is 0.314. The first-order valence-electron chi connectivity index (χ1n) is 11.2. The van der Waals surface area contributed by atoms with Crippen LogP contribution in [0.2, 0.25) is 5.02 Å². The van der Waals surface area contributed by atoms with E-state index in [9.17, 15) is 14.0 Å². The summed E-state index contributed by atoms with van der Waals surface area (Å²) in [7, 11) is 0. The molecular formula is C25H18ClFN2O2S3. The van der Waals surface area contributed by atoms with Crippen LogP contribution in [0.4, 0.5) is 10.1 Å². The van der Waals surface area contributed by atoms with Crippen molar-refractivity contribution in [3.8, 4) is 0 Å². The average molecular weight is 529 g/mol. The minimum Gasteiger partial charge on any atom is -0.332 e. The number of benzene rings is 2. The van der Waals surface area contributed by atoms with Crippen LogP contribution in [0, 0.1) is 39.4 Å². The van der Waals surface area contributed by atoms with Crippen LogP contribution in [-0.2, 0) is 9.59 Å². The molecule has 1 N–H and O–H groups in total. The Balaban J connectivity index is 1.32. The Morgan fingerprint density at radius 1 is 1.00 bits per heavy atom. The number of carbonyl (C=O) groups excluding carboxylic acids is 2. The number of fused-ring (bicyclic) bond motifs is 9. The van der Waals surface area contributed by atoms with Crippen LogP contribution in [0.25, 0.3) is 0 Å². The van der Waals surface area contributed by atoms with Crippen LogP contribution in [0.3, 0.4) is 0 Å². The molecule has 172 valence electrons. The van der Waals surface area contributed by atoms with Gasteiger partial charge < -0.3 is 4.98 Å². The van der Waals surface area contributed by atoms with Crippen LogP contribution >= 0.6 is 46.9 Å². The van der Waals surface area contributed by atoms with Crippen molar-refractivity contribution in [3.05, 3.63) is 73.8 Å². The van der Waals surface area contributed by atoms with Gasteiger partial charge in [0.1, 0.15) is 5.82 Å². The summed E-state index contributed by atoms with van der Waals surface area (Å²) in [5, 5.41) is 1.83. The summed E-state index contributed by atoms with van der Waals surface area (Å²) in [6.45, 7) is 0. The number of nitrogens with one attached hydrogen (secondary N) is 1. The Morgan fingerprint density at radius 2 is 1.68 bits per heavy atom. The third kappa shape index (κ3) is 2.86. The number of aromatic amines is 1. The number of hydrogen-bond donors (Lipinski definition) is 1. The van der Waals surface area contributed by atoms with Gasteiger partial charge in [-0.05, 0) is 78.4 Å². The van der Waals surface area contributed by atoms with Crippen LogP contribution in [-0.4, -0.2) is 22.0 Å². The summed E-state index contributed by atoms with van der Waals surface area (Å²) in [4.78, 5) is 33.2. The molecule has 7 unspecified atom stereocenters. The Kier molecular flexibility index (Phi) is 4.70. The minimum absolute atomic E-state index is 0.0308. The summed E-state index contributed by atoms with van der Waals surface area (Å²) in [6.07, 6.45) is 0.872. The van der Waals surface area contributed by atoms with Gasteiger partial charge in [-0.3, -0.25) is 14.5 Å². The maximum atomic E-state index is 13.8. The first-order valence-corrected chi connectivity index (χ1v) is 13.7. The summed E-state index contributed by atoms with van der Waals surface area (Å²) in [6, 6.07) is 13.6. The van der Waals surface area contributed by atoms with Crippen molar-refractivity contribution >= 4 is 64.4 Å². The second-order valence-corrected chi connectivity index (χ2v) is 12.8. The monoisotopic (exact) mass is 528 g/mol. The number of aromatic nitrogens is 1. The Morgan fingerprint density at radius 3 is 2.38 bits per heavy atom. The van der Waals surface area contributed by atoms with Crippen molar-refractivity contribution in [1.29, 1.82) is 0 Å². The molecule has 34 heavy (non-hydrogen) atoms. The van der Waals surface area contributed by atoms with E-state index in [1.54, 1.807) is 47.4 Å². The minimum atomic E-state index is -0.313. The summed E-state index contributed by atoms with van der Waals surface area (Å²) in [5.41, 5.74) is 1.63. The van der Waals surface area contributed by atoms with E-state index in [-0.39, 0.29) is 58.4 Å². The summed E-state index contributed by atoms with van der Waals surface area (Å²) < 4.78 is 14.5.